The first-order valence-electron chi connectivity index (χ1n) is 1.90. The van der Waals surface area contributed by atoms with E-state index in [1.54, 1.807) is 0 Å². The largest absolute Gasteiger partial charge is 0.861 e. The summed E-state index contributed by atoms with van der Waals surface area (Å²) in [5.41, 5.74) is 0. The zero-order valence-corrected chi connectivity index (χ0v) is 3.89. The lowest BCUT2D eigenvalue weighted by Gasteiger charge is -2.03. The van der Waals surface area contributed by atoms with E-state index in [0.29, 0.717) is 20.8 Å². The lowest BCUT2D eigenvalue weighted by Crippen LogP contribution is -2.22. The van der Waals surface area contributed by atoms with Crippen LogP contribution in [0.15, 0.2) is 0 Å². The third-order valence-corrected chi connectivity index (χ3v) is 0.432. The molecule has 0 aromatic heterocycles. The molecule has 0 heterocycles. The van der Waals surface area contributed by atoms with Crippen LogP contribution in [-0.2, 0) is 4.65 Å². The Labute approximate surface area is 44.8 Å². The molecule has 0 aromatic carbocycles. The van der Waals surface area contributed by atoms with E-state index in [2.05, 4.69) is 9.88 Å². The monoisotopic (exact) mass is 97.1 g/mol. The topological polar surface area (TPSA) is 44.3 Å². The van der Waals surface area contributed by atoms with Crippen LogP contribution in [0.25, 0.3) is 0 Å². The molecule has 3 nitrogen and oxygen atoms in total. The lowest BCUT2D eigenvalue weighted by atomic mass is 10.4. The maximum atomic E-state index is 9.39. The van der Waals surface area contributed by atoms with Gasteiger partial charge in [0.1, 0.15) is 0 Å². The van der Waals surface area contributed by atoms with Crippen LogP contribution in [-0.4, -0.2) is 28.8 Å². The van der Waals surface area contributed by atoms with Crippen molar-refractivity contribution in [1.82, 2.24) is 5.23 Å². The van der Waals surface area contributed by atoms with Crippen LogP contribution in [0.3, 0.4) is 0 Å². The highest BCUT2D eigenvalue weighted by Gasteiger charge is 1.74. The van der Waals surface area contributed by atoms with Crippen LogP contribution >= 0.6 is 0 Å². The van der Waals surface area contributed by atoms with E-state index in [4.69, 9.17) is 7.98 Å². The van der Waals surface area contributed by atoms with E-state index in [1.165, 1.54) is 0 Å². The van der Waals surface area contributed by atoms with E-state index in [9.17, 15) is 5.02 Å². The van der Waals surface area contributed by atoms with Gasteiger partial charge in [-0.1, -0.05) is 0 Å². The number of rotatable bonds is 4. The molecule has 5 heteroatoms. The summed E-state index contributed by atoms with van der Waals surface area (Å²) in [6.07, 6.45) is 0. The minimum atomic E-state index is 0.333. The molecule has 0 rings (SSSR count). The number of hydrogen-bond donors (Lipinski definition) is 1. The summed E-state index contributed by atoms with van der Waals surface area (Å²) in [4.78, 5) is 0. The highest BCUT2D eigenvalue weighted by molar-refractivity contribution is 6.13. The zero-order chi connectivity index (χ0) is 5.54. The Morgan fingerprint density at radius 2 is 2.57 bits per heavy atom. The van der Waals surface area contributed by atoms with Crippen molar-refractivity contribution in [1.29, 1.82) is 0 Å². The molecule has 0 saturated heterocycles. The second-order valence-electron chi connectivity index (χ2n) is 0.921. The predicted molar refractivity (Wildman–Crippen MR) is 25.5 cm³/mol. The molecule has 1 N–H and O–H groups in total. The van der Waals surface area contributed by atoms with Crippen molar-refractivity contribution in [2.24, 2.45) is 0 Å². The molecule has 0 atom stereocenters. The van der Waals surface area contributed by atoms with E-state index in [1.807, 2.05) is 0 Å². The molecule has 0 bridgehead atoms. The van der Waals surface area contributed by atoms with E-state index < -0.39 is 0 Å². The van der Waals surface area contributed by atoms with Gasteiger partial charge in [-0.3, -0.25) is 0 Å². The van der Waals surface area contributed by atoms with Crippen LogP contribution in [0, 0.1) is 0 Å². The van der Waals surface area contributed by atoms with E-state index in [0.717, 1.165) is 0 Å². The molecule has 0 aliphatic carbocycles. The third kappa shape index (κ3) is 6.01. The number of hydrogen-bond acceptors (Lipinski definition) is 3. The Kier molecular flexibility index (Phi) is 6.02. The second kappa shape index (κ2) is 6.01. The Balaban J connectivity index is 2.45. The van der Waals surface area contributed by atoms with Gasteiger partial charge >= 0.3 is 0 Å². The summed E-state index contributed by atoms with van der Waals surface area (Å²) in [7, 11) is 5.21. The van der Waals surface area contributed by atoms with Gasteiger partial charge in [-0.15, -0.1) is 0 Å². The quantitative estimate of drug-likeness (QED) is 0.313. The standard InChI is InChI=1S/C2H5B2NO2/c3-5-1-2-7-4-6/h5H,1-2H2/q-1. The molecule has 37 valence electrons. The van der Waals surface area contributed by atoms with Gasteiger partial charge in [0.2, 0.25) is 0 Å². The average molecular weight is 96.7 g/mol. The van der Waals surface area contributed by atoms with Crippen LogP contribution in [0.1, 0.15) is 0 Å². The Bertz CT molecular complexity index is 32.9. The fraction of sp³-hybridized carbons (Fsp3) is 1.00. The van der Waals surface area contributed by atoms with Gasteiger partial charge in [-0.05, 0) is 0 Å². The normalized spacial score (nSPS) is 8.71. The summed E-state index contributed by atoms with van der Waals surface area (Å²) < 4.78 is 4.25. The van der Waals surface area contributed by atoms with Crippen molar-refractivity contribution in [2.75, 3.05) is 13.2 Å². The molecule has 0 amide bonds. The predicted octanol–water partition coefficient (Wildman–Crippen LogP) is -2.43. The fourth-order valence-electron chi connectivity index (χ4n) is 0.166. The van der Waals surface area contributed by atoms with Gasteiger partial charge in [0.05, 0.1) is 0 Å². The Morgan fingerprint density at radius 1 is 1.86 bits per heavy atom. The average Bonchev–Trinajstić information content (AvgIpc) is 1.69. The molecule has 0 unspecified atom stereocenters. The van der Waals surface area contributed by atoms with Crippen molar-refractivity contribution in [3.8, 4) is 0 Å². The Morgan fingerprint density at radius 3 is 3.00 bits per heavy atom. The van der Waals surface area contributed by atoms with E-state index >= 15 is 0 Å². The van der Waals surface area contributed by atoms with Gasteiger partial charge in [0, 0.05) is 13.2 Å². The summed E-state index contributed by atoms with van der Waals surface area (Å²) in [5, 5.41) is 11.7. The van der Waals surface area contributed by atoms with Crippen LogP contribution in [0.5, 0.6) is 0 Å². The van der Waals surface area contributed by atoms with Crippen LogP contribution in [0.2, 0.25) is 0 Å². The molecular weight excluding hydrogens is 91.7 g/mol. The van der Waals surface area contributed by atoms with Crippen molar-refractivity contribution < 1.29 is 9.68 Å². The molecule has 0 aromatic rings. The molecule has 0 spiro atoms. The van der Waals surface area contributed by atoms with Crippen molar-refractivity contribution in [3.63, 3.8) is 0 Å². The zero-order valence-electron chi connectivity index (χ0n) is 3.89. The first kappa shape index (κ1) is 7.01. The summed E-state index contributed by atoms with van der Waals surface area (Å²) >= 11 is 0. The first-order valence-corrected chi connectivity index (χ1v) is 1.90. The maximum absolute atomic E-state index is 9.39. The van der Waals surface area contributed by atoms with Crippen LogP contribution in [0.4, 0.5) is 0 Å². The summed E-state index contributed by atoms with van der Waals surface area (Å²) in [6.45, 7) is 0.832. The molecule has 0 saturated carbocycles. The number of nitrogens with one attached hydrogen (secondary N) is 1. The third-order valence-electron chi connectivity index (χ3n) is 0.432. The second-order valence-corrected chi connectivity index (χ2v) is 0.921. The fourth-order valence-corrected chi connectivity index (χ4v) is 0.166. The molecular formula is C2H5B2NO2-. The molecule has 0 fully saturated rings. The molecule has 0 aliphatic rings. The van der Waals surface area contributed by atoms with Crippen molar-refractivity contribution >= 4 is 15.7 Å². The Hall–Kier alpha value is 0.00987. The van der Waals surface area contributed by atoms with Gasteiger partial charge in [0.15, 0.2) is 15.7 Å². The minimum Gasteiger partial charge on any atom is -0.861 e. The van der Waals surface area contributed by atoms with Gasteiger partial charge in [0.25, 0.3) is 0 Å². The minimum absolute atomic E-state index is 0.333. The van der Waals surface area contributed by atoms with E-state index in [-0.39, 0.29) is 0 Å². The highest BCUT2D eigenvalue weighted by Crippen LogP contribution is 1.59. The van der Waals surface area contributed by atoms with Gasteiger partial charge in [-0.2, -0.15) is 0 Å². The van der Waals surface area contributed by atoms with Crippen molar-refractivity contribution in [2.45, 2.75) is 0 Å². The van der Waals surface area contributed by atoms with Crippen LogP contribution < -0.4 is 10.3 Å². The summed E-state index contributed by atoms with van der Waals surface area (Å²) in [6, 6.07) is 0. The van der Waals surface area contributed by atoms with Gasteiger partial charge in [-0.25, -0.2) is 0 Å². The molecule has 0 aliphatic heterocycles. The lowest BCUT2D eigenvalue weighted by molar-refractivity contribution is -0.206. The maximum Gasteiger partial charge on any atom is 0.177 e. The first-order chi connectivity index (χ1) is 3.41. The SMILES string of the molecule is [B]NCCO[B][O-]. The van der Waals surface area contributed by atoms with Crippen molar-refractivity contribution in [3.05, 3.63) is 0 Å². The molecule has 7 heavy (non-hydrogen) atoms. The molecule has 3 radical (unpaired) electrons. The highest BCUT2D eigenvalue weighted by atomic mass is 16.5. The summed E-state index contributed by atoms with van der Waals surface area (Å²) in [5.74, 6) is 0. The smallest absolute Gasteiger partial charge is 0.177 e. The van der Waals surface area contributed by atoms with Gasteiger partial charge < -0.3 is 14.9 Å².